The van der Waals surface area contributed by atoms with E-state index in [0.29, 0.717) is 19.6 Å². The van der Waals surface area contributed by atoms with Crippen molar-refractivity contribution in [2.75, 3.05) is 32.8 Å². The Bertz CT molecular complexity index is 818. The van der Waals surface area contributed by atoms with Gasteiger partial charge in [0, 0.05) is 13.1 Å². The van der Waals surface area contributed by atoms with E-state index in [0.717, 1.165) is 43.6 Å². The number of carbonyl (C=O) groups excluding carboxylic acids is 2. The number of carbonyl (C=O) groups is 2. The van der Waals surface area contributed by atoms with Crippen LogP contribution in [0.25, 0.3) is 0 Å². The second kappa shape index (κ2) is 11.5. The highest BCUT2D eigenvalue weighted by Crippen LogP contribution is 2.36. The minimum absolute atomic E-state index is 0.0962. The first kappa shape index (κ1) is 22.8. The average Bonchev–Trinajstić information content (AvgIpc) is 2.80. The van der Waals surface area contributed by atoms with Crippen LogP contribution in [0.15, 0.2) is 60.7 Å². The first-order valence-corrected chi connectivity index (χ1v) is 11.0. The molecular weight excluding hydrogens is 392 g/mol. The van der Waals surface area contributed by atoms with Crippen LogP contribution < -0.4 is 5.32 Å². The van der Waals surface area contributed by atoms with E-state index >= 15 is 0 Å². The van der Waals surface area contributed by atoms with Crippen LogP contribution >= 0.6 is 0 Å². The Morgan fingerprint density at radius 3 is 2.16 bits per heavy atom. The van der Waals surface area contributed by atoms with Gasteiger partial charge >= 0.3 is 12.1 Å². The van der Waals surface area contributed by atoms with Gasteiger partial charge in [-0.15, -0.1) is 0 Å². The van der Waals surface area contributed by atoms with E-state index in [1.54, 1.807) is 0 Å². The van der Waals surface area contributed by atoms with Crippen LogP contribution in [0.1, 0.15) is 30.9 Å². The standard InChI is InChI=1S/C25H32N2O4/c1-2-30-23(28)25(19-21-9-5-3-6-10-21)13-16-27(17-14-25)18-15-26-24(29)31-20-22-11-7-4-8-12-22/h3-12H,2,13-20H2,1H3,(H,26,29). The molecule has 2 aromatic carbocycles. The van der Waals surface area contributed by atoms with Crippen molar-refractivity contribution in [2.24, 2.45) is 5.41 Å². The molecule has 0 aliphatic carbocycles. The summed E-state index contributed by atoms with van der Waals surface area (Å²) in [6.45, 7) is 5.35. The highest BCUT2D eigenvalue weighted by molar-refractivity contribution is 5.77. The zero-order valence-electron chi connectivity index (χ0n) is 18.2. The van der Waals surface area contributed by atoms with Crippen molar-refractivity contribution in [1.29, 1.82) is 0 Å². The second-order valence-electron chi connectivity index (χ2n) is 7.99. The Labute approximate surface area is 184 Å². The summed E-state index contributed by atoms with van der Waals surface area (Å²) in [5.74, 6) is -0.0962. The summed E-state index contributed by atoms with van der Waals surface area (Å²) in [7, 11) is 0. The Hall–Kier alpha value is -2.86. The molecule has 0 radical (unpaired) electrons. The molecule has 31 heavy (non-hydrogen) atoms. The van der Waals surface area contributed by atoms with Gasteiger partial charge in [-0.1, -0.05) is 60.7 Å². The van der Waals surface area contributed by atoms with Gasteiger partial charge in [0.1, 0.15) is 6.61 Å². The van der Waals surface area contributed by atoms with Crippen molar-refractivity contribution >= 4 is 12.1 Å². The van der Waals surface area contributed by atoms with Gasteiger partial charge in [-0.05, 0) is 50.4 Å². The highest BCUT2D eigenvalue weighted by Gasteiger charge is 2.42. The summed E-state index contributed by atoms with van der Waals surface area (Å²) in [6, 6.07) is 19.7. The van der Waals surface area contributed by atoms with Gasteiger partial charge in [0.15, 0.2) is 0 Å². The molecule has 6 nitrogen and oxygen atoms in total. The number of ether oxygens (including phenoxy) is 2. The molecule has 6 heteroatoms. The molecule has 2 aromatic rings. The lowest BCUT2D eigenvalue weighted by atomic mass is 9.73. The largest absolute Gasteiger partial charge is 0.466 e. The molecule has 0 aromatic heterocycles. The fourth-order valence-corrected chi connectivity index (χ4v) is 4.02. The number of piperidine rings is 1. The number of benzene rings is 2. The predicted octanol–water partition coefficient (Wildman–Crippen LogP) is 3.80. The normalized spacial score (nSPS) is 15.8. The Morgan fingerprint density at radius 1 is 0.935 bits per heavy atom. The van der Waals surface area contributed by atoms with Crippen molar-refractivity contribution in [1.82, 2.24) is 10.2 Å². The topological polar surface area (TPSA) is 67.9 Å². The summed E-state index contributed by atoms with van der Waals surface area (Å²) in [6.07, 6.45) is 1.79. The maximum absolute atomic E-state index is 12.8. The molecule has 1 fully saturated rings. The monoisotopic (exact) mass is 424 g/mol. The second-order valence-corrected chi connectivity index (χ2v) is 7.99. The van der Waals surface area contributed by atoms with E-state index in [1.165, 1.54) is 0 Å². The molecule has 3 rings (SSSR count). The molecule has 1 amide bonds. The number of rotatable bonds is 9. The number of nitrogens with zero attached hydrogens (tertiary/aromatic N) is 1. The number of nitrogens with one attached hydrogen (secondary N) is 1. The minimum atomic E-state index is -0.476. The molecule has 1 N–H and O–H groups in total. The zero-order valence-corrected chi connectivity index (χ0v) is 18.2. The molecular formula is C25H32N2O4. The zero-order chi connectivity index (χ0) is 21.9. The fraction of sp³-hybridized carbons (Fsp3) is 0.440. The first-order valence-electron chi connectivity index (χ1n) is 11.0. The number of esters is 1. The molecule has 0 unspecified atom stereocenters. The third kappa shape index (κ3) is 6.82. The highest BCUT2D eigenvalue weighted by atomic mass is 16.5. The van der Waals surface area contributed by atoms with Gasteiger partial charge in [0.2, 0.25) is 0 Å². The molecule has 0 spiro atoms. The maximum atomic E-state index is 12.8. The van der Waals surface area contributed by atoms with Crippen LogP contribution in [0, 0.1) is 5.41 Å². The number of hydrogen-bond acceptors (Lipinski definition) is 5. The molecule has 166 valence electrons. The summed E-state index contributed by atoms with van der Waals surface area (Å²) in [5.41, 5.74) is 1.64. The minimum Gasteiger partial charge on any atom is -0.466 e. The molecule has 1 aliphatic rings. The third-order valence-electron chi connectivity index (χ3n) is 5.82. The lowest BCUT2D eigenvalue weighted by molar-refractivity contribution is -0.158. The van der Waals surface area contributed by atoms with Gasteiger partial charge in [-0.3, -0.25) is 4.79 Å². The van der Waals surface area contributed by atoms with E-state index < -0.39 is 11.5 Å². The summed E-state index contributed by atoms with van der Waals surface area (Å²) in [4.78, 5) is 27.0. The summed E-state index contributed by atoms with van der Waals surface area (Å²) >= 11 is 0. The van der Waals surface area contributed by atoms with Crippen LogP contribution in [0.5, 0.6) is 0 Å². The van der Waals surface area contributed by atoms with Crippen molar-refractivity contribution < 1.29 is 19.1 Å². The predicted molar refractivity (Wildman–Crippen MR) is 120 cm³/mol. The van der Waals surface area contributed by atoms with Crippen LogP contribution in [-0.4, -0.2) is 49.7 Å². The SMILES string of the molecule is CCOC(=O)C1(Cc2ccccc2)CCN(CCNC(=O)OCc2ccccc2)CC1. The van der Waals surface area contributed by atoms with Crippen molar-refractivity contribution in [3.63, 3.8) is 0 Å². The van der Waals surface area contributed by atoms with Gasteiger partial charge in [-0.25, -0.2) is 4.79 Å². The van der Waals surface area contributed by atoms with Crippen LogP contribution in [0.3, 0.4) is 0 Å². The van der Waals surface area contributed by atoms with Gasteiger partial charge < -0.3 is 19.7 Å². The first-order chi connectivity index (χ1) is 15.1. The lowest BCUT2D eigenvalue weighted by Crippen LogP contribution is -2.48. The van der Waals surface area contributed by atoms with Gasteiger partial charge in [0.25, 0.3) is 0 Å². The summed E-state index contributed by atoms with van der Waals surface area (Å²) in [5, 5.41) is 2.81. The molecule has 1 saturated heterocycles. The van der Waals surface area contributed by atoms with E-state index in [4.69, 9.17) is 9.47 Å². The van der Waals surface area contributed by atoms with Crippen LogP contribution in [-0.2, 0) is 27.3 Å². The molecule has 0 atom stereocenters. The molecule has 0 bridgehead atoms. The molecule has 1 heterocycles. The number of hydrogen-bond donors (Lipinski definition) is 1. The Kier molecular flexibility index (Phi) is 8.47. The van der Waals surface area contributed by atoms with Crippen LogP contribution in [0.4, 0.5) is 4.79 Å². The molecule has 1 aliphatic heterocycles. The number of amides is 1. The quantitative estimate of drug-likeness (QED) is 0.620. The maximum Gasteiger partial charge on any atom is 0.407 e. The third-order valence-corrected chi connectivity index (χ3v) is 5.82. The Balaban J connectivity index is 1.44. The van der Waals surface area contributed by atoms with Crippen molar-refractivity contribution in [3.05, 3.63) is 71.8 Å². The summed E-state index contributed by atoms with van der Waals surface area (Å²) < 4.78 is 10.7. The van der Waals surface area contributed by atoms with Gasteiger partial charge in [-0.2, -0.15) is 0 Å². The number of likely N-dealkylation sites (tertiary alicyclic amines) is 1. The smallest absolute Gasteiger partial charge is 0.407 e. The van der Waals surface area contributed by atoms with Gasteiger partial charge in [0.05, 0.1) is 12.0 Å². The van der Waals surface area contributed by atoms with Crippen LogP contribution in [0.2, 0.25) is 0 Å². The van der Waals surface area contributed by atoms with E-state index in [1.807, 2.05) is 55.5 Å². The number of alkyl carbamates (subject to hydrolysis) is 1. The Morgan fingerprint density at radius 2 is 1.55 bits per heavy atom. The van der Waals surface area contributed by atoms with E-state index in [2.05, 4.69) is 22.3 Å². The van der Waals surface area contributed by atoms with E-state index in [-0.39, 0.29) is 12.6 Å². The molecule has 0 saturated carbocycles. The van der Waals surface area contributed by atoms with E-state index in [9.17, 15) is 9.59 Å². The fourth-order valence-electron chi connectivity index (χ4n) is 4.02. The van der Waals surface area contributed by atoms with Crippen molar-refractivity contribution in [3.8, 4) is 0 Å². The van der Waals surface area contributed by atoms with Crippen molar-refractivity contribution in [2.45, 2.75) is 32.8 Å². The average molecular weight is 425 g/mol. The lowest BCUT2D eigenvalue weighted by Gasteiger charge is -2.40.